The van der Waals surface area contributed by atoms with Crippen molar-refractivity contribution in [1.29, 1.82) is 0 Å². The molecule has 0 bridgehead atoms. The van der Waals surface area contributed by atoms with Crippen LogP contribution in [0.3, 0.4) is 0 Å². The molecule has 3 rings (SSSR count). The molecule has 110 valence electrons. The Morgan fingerprint density at radius 1 is 1.25 bits per heavy atom. The number of hydrogen-bond donors (Lipinski definition) is 1. The summed E-state index contributed by atoms with van der Waals surface area (Å²) in [6, 6.07) is 4.26. The van der Waals surface area contributed by atoms with Gasteiger partial charge in [-0.25, -0.2) is 0 Å². The van der Waals surface area contributed by atoms with Gasteiger partial charge in [0.2, 0.25) is 0 Å². The van der Waals surface area contributed by atoms with Crippen molar-refractivity contribution >= 4 is 5.69 Å². The molecule has 1 fully saturated rings. The first kappa shape index (κ1) is 13.6. The Hall–Kier alpha value is -1.42. The molecular formula is C16H24N2O2. The normalized spacial score (nSPS) is 21.9. The van der Waals surface area contributed by atoms with Gasteiger partial charge >= 0.3 is 0 Å². The zero-order valence-electron chi connectivity index (χ0n) is 12.4. The standard InChI is InChI=1S/C16H24N2O2/c1-3-12-5-6-14-16(19-11-13(4-2)20-14)15(12)18-9-7-17-8-10-18/h5-6,13,17H,3-4,7-11H2,1-2H3. The molecule has 0 saturated carbocycles. The zero-order chi connectivity index (χ0) is 13.9. The molecule has 1 saturated heterocycles. The van der Waals surface area contributed by atoms with Crippen molar-refractivity contribution in [3.05, 3.63) is 17.7 Å². The summed E-state index contributed by atoms with van der Waals surface area (Å²) in [6.07, 6.45) is 2.19. The number of nitrogens with one attached hydrogen (secondary N) is 1. The summed E-state index contributed by atoms with van der Waals surface area (Å²) in [5.74, 6) is 1.87. The third kappa shape index (κ3) is 2.44. The number of nitrogens with zero attached hydrogens (tertiary/aromatic N) is 1. The van der Waals surface area contributed by atoms with Gasteiger partial charge in [-0.3, -0.25) is 0 Å². The van der Waals surface area contributed by atoms with Crippen molar-refractivity contribution in [3.63, 3.8) is 0 Å². The molecule has 1 aromatic carbocycles. The fraction of sp³-hybridized carbons (Fsp3) is 0.625. The molecule has 0 aliphatic carbocycles. The zero-order valence-corrected chi connectivity index (χ0v) is 12.4. The highest BCUT2D eigenvalue weighted by Crippen LogP contribution is 2.43. The Balaban J connectivity index is 1.97. The van der Waals surface area contributed by atoms with E-state index in [9.17, 15) is 0 Å². The first-order chi connectivity index (χ1) is 9.83. The summed E-state index contributed by atoms with van der Waals surface area (Å²) in [4.78, 5) is 2.43. The van der Waals surface area contributed by atoms with Crippen LogP contribution in [0.5, 0.6) is 11.5 Å². The summed E-state index contributed by atoms with van der Waals surface area (Å²) in [7, 11) is 0. The summed E-state index contributed by atoms with van der Waals surface area (Å²) >= 11 is 0. The minimum absolute atomic E-state index is 0.186. The number of benzene rings is 1. The lowest BCUT2D eigenvalue weighted by Gasteiger charge is -2.35. The molecule has 0 aromatic heterocycles. The second-order valence-corrected chi connectivity index (χ2v) is 5.45. The van der Waals surface area contributed by atoms with Crippen molar-refractivity contribution in [1.82, 2.24) is 5.32 Å². The average Bonchev–Trinajstić information content (AvgIpc) is 2.53. The number of piperazine rings is 1. The molecule has 2 aliphatic heterocycles. The molecular weight excluding hydrogens is 252 g/mol. The summed E-state index contributed by atoms with van der Waals surface area (Å²) < 4.78 is 12.1. The number of aryl methyl sites for hydroxylation is 1. The van der Waals surface area contributed by atoms with Crippen LogP contribution in [0.2, 0.25) is 0 Å². The summed E-state index contributed by atoms with van der Waals surface area (Å²) in [5.41, 5.74) is 2.60. The number of hydrogen-bond acceptors (Lipinski definition) is 4. The lowest BCUT2D eigenvalue weighted by Crippen LogP contribution is -2.44. The third-order valence-corrected chi connectivity index (χ3v) is 4.16. The second-order valence-electron chi connectivity index (χ2n) is 5.45. The van der Waals surface area contributed by atoms with E-state index in [-0.39, 0.29) is 6.10 Å². The third-order valence-electron chi connectivity index (χ3n) is 4.16. The first-order valence-corrected chi connectivity index (χ1v) is 7.74. The van der Waals surface area contributed by atoms with E-state index in [1.54, 1.807) is 0 Å². The summed E-state index contributed by atoms with van der Waals surface area (Å²) in [6.45, 7) is 9.13. The maximum atomic E-state index is 6.07. The van der Waals surface area contributed by atoms with Crippen LogP contribution in [0.4, 0.5) is 5.69 Å². The van der Waals surface area contributed by atoms with Gasteiger partial charge in [0.15, 0.2) is 11.5 Å². The van der Waals surface area contributed by atoms with Crippen LogP contribution >= 0.6 is 0 Å². The first-order valence-electron chi connectivity index (χ1n) is 7.74. The van der Waals surface area contributed by atoms with Gasteiger partial charge in [-0.1, -0.05) is 19.9 Å². The Labute approximate surface area is 121 Å². The van der Waals surface area contributed by atoms with Crippen LogP contribution < -0.4 is 19.7 Å². The highest BCUT2D eigenvalue weighted by molar-refractivity contribution is 5.70. The Kier molecular flexibility index (Phi) is 4.01. The Morgan fingerprint density at radius 2 is 2.05 bits per heavy atom. The van der Waals surface area contributed by atoms with Crippen LogP contribution in [0.25, 0.3) is 0 Å². The highest BCUT2D eigenvalue weighted by atomic mass is 16.6. The van der Waals surface area contributed by atoms with Crippen LogP contribution in [0.15, 0.2) is 12.1 Å². The number of rotatable bonds is 3. The van der Waals surface area contributed by atoms with Crippen molar-refractivity contribution < 1.29 is 9.47 Å². The van der Waals surface area contributed by atoms with Crippen molar-refractivity contribution in [3.8, 4) is 11.5 Å². The molecule has 2 heterocycles. The van der Waals surface area contributed by atoms with Gasteiger partial charge in [0.25, 0.3) is 0 Å². The highest BCUT2D eigenvalue weighted by Gasteiger charge is 2.27. The number of anilines is 1. The average molecular weight is 276 g/mol. The van der Waals surface area contributed by atoms with Gasteiger partial charge in [0.1, 0.15) is 12.7 Å². The molecule has 2 aliphatic rings. The minimum Gasteiger partial charge on any atom is -0.484 e. The minimum atomic E-state index is 0.186. The van der Waals surface area contributed by atoms with Crippen LogP contribution in [0, 0.1) is 0 Å². The van der Waals surface area contributed by atoms with Gasteiger partial charge in [-0.05, 0) is 24.5 Å². The van der Waals surface area contributed by atoms with E-state index < -0.39 is 0 Å². The van der Waals surface area contributed by atoms with Gasteiger partial charge in [-0.2, -0.15) is 0 Å². The maximum absolute atomic E-state index is 6.07. The van der Waals surface area contributed by atoms with Gasteiger partial charge < -0.3 is 19.7 Å². The van der Waals surface area contributed by atoms with Gasteiger partial charge in [-0.15, -0.1) is 0 Å². The number of ether oxygens (including phenoxy) is 2. The molecule has 1 atom stereocenters. The van der Waals surface area contributed by atoms with E-state index in [4.69, 9.17) is 9.47 Å². The van der Waals surface area contributed by atoms with Crippen molar-refractivity contribution in [2.45, 2.75) is 32.8 Å². The Morgan fingerprint density at radius 3 is 2.75 bits per heavy atom. The molecule has 1 N–H and O–H groups in total. The fourth-order valence-electron chi connectivity index (χ4n) is 2.94. The molecule has 4 nitrogen and oxygen atoms in total. The molecule has 1 unspecified atom stereocenters. The Bertz CT molecular complexity index is 470. The van der Waals surface area contributed by atoms with E-state index in [1.807, 2.05) is 0 Å². The second kappa shape index (κ2) is 5.92. The van der Waals surface area contributed by atoms with Crippen molar-refractivity contribution in [2.24, 2.45) is 0 Å². The van der Waals surface area contributed by atoms with E-state index in [1.165, 1.54) is 11.3 Å². The lowest BCUT2D eigenvalue weighted by atomic mass is 10.1. The van der Waals surface area contributed by atoms with Gasteiger partial charge in [0, 0.05) is 26.2 Å². The molecule has 0 radical (unpaired) electrons. The fourth-order valence-corrected chi connectivity index (χ4v) is 2.94. The predicted molar refractivity (Wildman–Crippen MR) is 81.1 cm³/mol. The number of fused-ring (bicyclic) bond motifs is 1. The summed E-state index contributed by atoms with van der Waals surface area (Å²) in [5, 5.41) is 3.40. The van der Waals surface area contributed by atoms with E-state index in [2.05, 4.69) is 36.2 Å². The predicted octanol–water partition coefficient (Wildman–Crippen LogP) is 2.21. The van der Waals surface area contributed by atoms with Crippen LogP contribution in [-0.4, -0.2) is 38.9 Å². The van der Waals surface area contributed by atoms with Gasteiger partial charge in [0.05, 0.1) is 5.69 Å². The topological polar surface area (TPSA) is 33.7 Å². The van der Waals surface area contributed by atoms with E-state index in [0.717, 1.165) is 50.5 Å². The maximum Gasteiger partial charge on any atom is 0.184 e. The molecule has 4 heteroatoms. The van der Waals surface area contributed by atoms with Crippen LogP contribution in [-0.2, 0) is 6.42 Å². The quantitative estimate of drug-likeness (QED) is 0.918. The molecule has 20 heavy (non-hydrogen) atoms. The van der Waals surface area contributed by atoms with E-state index >= 15 is 0 Å². The SMILES string of the molecule is CCc1ccc2c(c1N1CCNCC1)OCC(CC)O2. The van der Waals surface area contributed by atoms with Crippen LogP contribution in [0.1, 0.15) is 25.8 Å². The lowest BCUT2D eigenvalue weighted by molar-refractivity contribution is 0.0887. The molecule has 0 amide bonds. The monoisotopic (exact) mass is 276 g/mol. The smallest absolute Gasteiger partial charge is 0.184 e. The van der Waals surface area contributed by atoms with Crippen molar-refractivity contribution in [2.75, 3.05) is 37.7 Å². The molecule has 0 spiro atoms. The van der Waals surface area contributed by atoms with E-state index in [0.29, 0.717) is 6.61 Å². The largest absolute Gasteiger partial charge is 0.484 e. The molecule has 1 aromatic rings.